The van der Waals surface area contributed by atoms with E-state index in [2.05, 4.69) is 18.0 Å². The second-order valence-electron chi connectivity index (χ2n) is 5.10. The van der Waals surface area contributed by atoms with Crippen molar-refractivity contribution in [1.82, 2.24) is 4.90 Å². The van der Waals surface area contributed by atoms with Crippen molar-refractivity contribution in [3.05, 3.63) is 29.8 Å². The minimum Gasteiger partial charge on any atom is -0.508 e. The minimum absolute atomic E-state index is 0.338. The normalized spacial score (nSPS) is 23.5. The van der Waals surface area contributed by atoms with Crippen LogP contribution >= 0.6 is 0 Å². The Labute approximate surface area is 103 Å². The van der Waals surface area contributed by atoms with Crippen LogP contribution < -0.4 is 5.73 Å². The quantitative estimate of drug-likeness (QED) is 0.838. The van der Waals surface area contributed by atoms with Crippen LogP contribution in [-0.2, 0) is 0 Å². The zero-order chi connectivity index (χ0) is 12.3. The summed E-state index contributed by atoms with van der Waals surface area (Å²) in [6.07, 6.45) is 2.48. The first-order valence-electron chi connectivity index (χ1n) is 6.38. The lowest BCUT2D eigenvalue weighted by molar-refractivity contribution is 0.188. The van der Waals surface area contributed by atoms with Crippen LogP contribution in [0.1, 0.15) is 24.3 Å². The standard InChI is InChI=1S/C14H22N2O/c1-16-7-3-5-12(10-16)14(9-15)11-4-2-6-13(17)8-11/h2,4,6,8,12,14,17H,3,5,7,9-10,15H2,1H3. The summed E-state index contributed by atoms with van der Waals surface area (Å²) < 4.78 is 0. The summed E-state index contributed by atoms with van der Waals surface area (Å²) in [5, 5.41) is 9.56. The van der Waals surface area contributed by atoms with Crippen LogP contribution in [0.4, 0.5) is 0 Å². The first-order valence-corrected chi connectivity index (χ1v) is 6.38. The van der Waals surface area contributed by atoms with E-state index in [9.17, 15) is 5.11 Å². The van der Waals surface area contributed by atoms with Crippen LogP contribution in [0.3, 0.4) is 0 Å². The molecule has 0 aromatic heterocycles. The fourth-order valence-electron chi connectivity index (χ4n) is 2.89. The van der Waals surface area contributed by atoms with Crippen LogP contribution in [0.2, 0.25) is 0 Å². The molecule has 3 nitrogen and oxygen atoms in total. The minimum atomic E-state index is 0.338. The number of phenolic OH excluding ortho intramolecular Hbond substituents is 1. The molecule has 17 heavy (non-hydrogen) atoms. The van der Waals surface area contributed by atoms with E-state index >= 15 is 0 Å². The Morgan fingerprint density at radius 3 is 3.00 bits per heavy atom. The van der Waals surface area contributed by atoms with Crippen LogP contribution in [-0.4, -0.2) is 36.7 Å². The highest BCUT2D eigenvalue weighted by Gasteiger charge is 2.26. The maximum atomic E-state index is 9.56. The maximum Gasteiger partial charge on any atom is 0.115 e. The van der Waals surface area contributed by atoms with Gasteiger partial charge >= 0.3 is 0 Å². The maximum absolute atomic E-state index is 9.56. The molecule has 0 bridgehead atoms. The van der Waals surface area contributed by atoms with E-state index in [1.165, 1.54) is 24.9 Å². The summed E-state index contributed by atoms with van der Waals surface area (Å²) in [6.45, 7) is 2.95. The number of hydrogen-bond acceptors (Lipinski definition) is 3. The van der Waals surface area contributed by atoms with Crippen LogP contribution in [0, 0.1) is 5.92 Å². The van der Waals surface area contributed by atoms with Crippen molar-refractivity contribution in [2.24, 2.45) is 11.7 Å². The monoisotopic (exact) mass is 234 g/mol. The van der Waals surface area contributed by atoms with Gasteiger partial charge in [-0.05, 0) is 56.6 Å². The molecule has 1 saturated heterocycles. The van der Waals surface area contributed by atoms with Crippen molar-refractivity contribution < 1.29 is 5.11 Å². The van der Waals surface area contributed by atoms with Crippen molar-refractivity contribution in [2.45, 2.75) is 18.8 Å². The Bertz CT molecular complexity index is 367. The lowest BCUT2D eigenvalue weighted by atomic mass is 9.81. The third kappa shape index (κ3) is 2.99. The summed E-state index contributed by atoms with van der Waals surface area (Å²) in [4.78, 5) is 2.37. The van der Waals surface area contributed by atoms with Gasteiger partial charge in [0.1, 0.15) is 5.75 Å². The predicted octanol–water partition coefficient (Wildman–Crippen LogP) is 1.78. The molecule has 0 amide bonds. The van der Waals surface area contributed by atoms with Gasteiger partial charge in [0.15, 0.2) is 0 Å². The molecule has 3 heteroatoms. The van der Waals surface area contributed by atoms with Gasteiger partial charge in [-0.1, -0.05) is 12.1 Å². The van der Waals surface area contributed by atoms with Gasteiger partial charge < -0.3 is 15.7 Å². The van der Waals surface area contributed by atoms with E-state index < -0.39 is 0 Å². The third-order valence-corrected chi connectivity index (χ3v) is 3.78. The molecular weight excluding hydrogens is 212 g/mol. The Balaban J connectivity index is 2.15. The van der Waals surface area contributed by atoms with Gasteiger partial charge in [0.25, 0.3) is 0 Å². The van der Waals surface area contributed by atoms with Crippen LogP contribution in [0.5, 0.6) is 5.75 Å². The number of phenols is 1. The summed E-state index contributed by atoms with van der Waals surface area (Å²) >= 11 is 0. The molecule has 1 aromatic carbocycles. The Kier molecular flexibility index (Phi) is 4.02. The average Bonchev–Trinajstić information content (AvgIpc) is 2.30. The van der Waals surface area contributed by atoms with E-state index in [-0.39, 0.29) is 0 Å². The number of rotatable bonds is 3. The van der Waals surface area contributed by atoms with Crippen LogP contribution in [0.25, 0.3) is 0 Å². The SMILES string of the molecule is CN1CCCC(C(CN)c2cccc(O)c2)C1. The molecule has 94 valence electrons. The van der Waals surface area contributed by atoms with Gasteiger partial charge in [-0.15, -0.1) is 0 Å². The van der Waals surface area contributed by atoms with E-state index in [4.69, 9.17) is 5.73 Å². The molecule has 0 aliphatic carbocycles. The van der Waals surface area contributed by atoms with Gasteiger partial charge in [-0.25, -0.2) is 0 Å². The highest BCUT2D eigenvalue weighted by molar-refractivity contribution is 5.30. The van der Waals surface area contributed by atoms with E-state index in [0.29, 0.717) is 24.1 Å². The number of hydrogen-bond donors (Lipinski definition) is 2. The van der Waals surface area contributed by atoms with Crippen molar-refractivity contribution in [1.29, 1.82) is 0 Å². The predicted molar refractivity (Wildman–Crippen MR) is 70.1 cm³/mol. The fraction of sp³-hybridized carbons (Fsp3) is 0.571. The smallest absolute Gasteiger partial charge is 0.115 e. The number of nitrogens with two attached hydrogens (primary N) is 1. The lowest BCUT2D eigenvalue weighted by Gasteiger charge is -2.35. The number of benzene rings is 1. The van der Waals surface area contributed by atoms with Crippen molar-refractivity contribution >= 4 is 0 Å². The Hall–Kier alpha value is -1.06. The van der Waals surface area contributed by atoms with E-state index in [1.807, 2.05) is 12.1 Å². The van der Waals surface area contributed by atoms with Gasteiger partial charge in [-0.2, -0.15) is 0 Å². The molecule has 3 N–H and O–H groups in total. The van der Waals surface area contributed by atoms with E-state index in [0.717, 1.165) is 6.54 Å². The molecule has 0 saturated carbocycles. The summed E-state index contributed by atoms with van der Waals surface area (Å²) in [5.74, 6) is 1.32. The Morgan fingerprint density at radius 2 is 2.35 bits per heavy atom. The molecule has 1 aliphatic heterocycles. The summed E-state index contributed by atoms with van der Waals surface area (Å²) in [7, 11) is 2.17. The topological polar surface area (TPSA) is 49.5 Å². The van der Waals surface area contributed by atoms with Gasteiger partial charge in [0.2, 0.25) is 0 Å². The third-order valence-electron chi connectivity index (χ3n) is 3.78. The number of piperidine rings is 1. The first kappa shape index (κ1) is 12.4. The van der Waals surface area contributed by atoms with Crippen molar-refractivity contribution in [2.75, 3.05) is 26.7 Å². The van der Waals surface area contributed by atoms with Crippen molar-refractivity contribution in [3.8, 4) is 5.75 Å². The fourth-order valence-corrected chi connectivity index (χ4v) is 2.89. The highest BCUT2D eigenvalue weighted by Crippen LogP contribution is 2.31. The molecule has 1 aliphatic rings. The molecule has 1 fully saturated rings. The van der Waals surface area contributed by atoms with Gasteiger partial charge in [-0.3, -0.25) is 0 Å². The van der Waals surface area contributed by atoms with E-state index in [1.54, 1.807) is 6.07 Å². The lowest BCUT2D eigenvalue weighted by Crippen LogP contribution is -2.37. The molecule has 0 radical (unpaired) electrons. The first-order chi connectivity index (χ1) is 8.20. The molecule has 2 atom stereocenters. The molecule has 2 unspecified atom stereocenters. The number of aromatic hydroxyl groups is 1. The molecule has 2 rings (SSSR count). The molecule has 0 spiro atoms. The second-order valence-corrected chi connectivity index (χ2v) is 5.10. The highest BCUT2D eigenvalue weighted by atomic mass is 16.3. The zero-order valence-corrected chi connectivity index (χ0v) is 10.5. The average molecular weight is 234 g/mol. The summed E-state index contributed by atoms with van der Waals surface area (Å²) in [6, 6.07) is 7.54. The molecule has 1 aromatic rings. The van der Waals surface area contributed by atoms with Crippen LogP contribution in [0.15, 0.2) is 24.3 Å². The largest absolute Gasteiger partial charge is 0.508 e. The summed E-state index contributed by atoms with van der Waals surface area (Å²) in [5.41, 5.74) is 7.10. The second kappa shape index (κ2) is 5.52. The number of nitrogens with zero attached hydrogens (tertiary/aromatic N) is 1. The van der Waals surface area contributed by atoms with Gasteiger partial charge in [0.05, 0.1) is 0 Å². The zero-order valence-electron chi connectivity index (χ0n) is 10.5. The Morgan fingerprint density at radius 1 is 1.53 bits per heavy atom. The molecular formula is C14H22N2O. The van der Waals surface area contributed by atoms with Gasteiger partial charge in [0, 0.05) is 12.5 Å². The molecule has 1 heterocycles. The number of likely N-dealkylation sites (tertiary alicyclic amines) is 1. The van der Waals surface area contributed by atoms with Crippen molar-refractivity contribution in [3.63, 3.8) is 0 Å².